The van der Waals surface area contributed by atoms with Crippen molar-refractivity contribution in [1.82, 2.24) is 5.06 Å². The van der Waals surface area contributed by atoms with Gasteiger partial charge in [0.05, 0.1) is 38.5 Å². The quantitative estimate of drug-likeness (QED) is 0.321. The van der Waals surface area contributed by atoms with Gasteiger partial charge in [-0.3, -0.25) is 9.63 Å². The minimum atomic E-state index is -0.959. The van der Waals surface area contributed by atoms with Crippen molar-refractivity contribution in [3.63, 3.8) is 0 Å². The smallest absolute Gasteiger partial charge is 0.302 e. The number of esters is 1. The molecule has 212 valence electrons. The van der Waals surface area contributed by atoms with Gasteiger partial charge in [0.15, 0.2) is 0 Å². The molecule has 0 spiro atoms. The third-order valence-corrected chi connectivity index (χ3v) is 7.32. The molecule has 0 radical (unpaired) electrons. The van der Waals surface area contributed by atoms with Crippen LogP contribution in [0.25, 0.3) is 0 Å². The summed E-state index contributed by atoms with van der Waals surface area (Å²) in [6, 6.07) is 29.6. The Morgan fingerprint density at radius 2 is 1.38 bits per heavy atom. The van der Waals surface area contributed by atoms with Crippen LogP contribution in [0.15, 0.2) is 91.0 Å². The van der Waals surface area contributed by atoms with Gasteiger partial charge in [-0.2, -0.15) is 5.06 Å². The van der Waals surface area contributed by atoms with Crippen molar-refractivity contribution in [2.24, 2.45) is 0 Å². The molecule has 2 aliphatic heterocycles. The molecule has 0 amide bonds. The van der Waals surface area contributed by atoms with Crippen molar-refractivity contribution in [3.05, 3.63) is 108 Å². The molecule has 2 heterocycles. The number of fused-ring (bicyclic) bond motifs is 1. The van der Waals surface area contributed by atoms with Crippen molar-refractivity contribution in [1.29, 1.82) is 0 Å². The first kappa shape index (κ1) is 28.4. The normalized spacial score (nSPS) is 25.0. The van der Waals surface area contributed by atoms with E-state index in [0.717, 1.165) is 16.7 Å². The highest BCUT2D eigenvalue weighted by atomic mass is 16.7. The van der Waals surface area contributed by atoms with Gasteiger partial charge in [0, 0.05) is 6.92 Å². The number of rotatable bonds is 13. The second-order valence-electron chi connectivity index (χ2n) is 10.3. The number of hydroxylamine groups is 2. The Bertz CT molecular complexity index is 1180. The van der Waals surface area contributed by atoms with Crippen molar-refractivity contribution in [2.75, 3.05) is 13.2 Å². The molecule has 0 bridgehead atoms. The lowest BCUT2D eigenvalue weighted by molar-refractivity contribution is -0.217. The summed E-state index contributed by atoms with van der Waals surface area (Å²) in [4.78, 5) is 17.6. The number of carbonyl (C=O) groups excluding carboxylic acids is 1. The zero-order valence-corrected chi connectivity index (χ0v) is 22.7. The van der Waals surface area contributed by atoms with E-state index in [1.165, 1.54) is 6.92 Å². The molecule has 3 aromatic rings. The van der Waals surface area contributed by atoms with Crippen LogP contribution < -0.4 is 0 Å². The van der Waals surface area contributed by atoms with Gasteiger partial charge in [0.2, 0.25) is 0 Å². The maximum Gasteiger partial charge on any atom is 0.302 e. The lowest BCUT2D eigenvalue weighted by Gasteiger charge is -2.29. The Labute approximate surface area is 235 Å². The third-order valence-electron chi connectivity index (χ3n) is 7.32. The number of ether oxygens (including phenoxy) is 4. The Morgan fingerprint density at radius 1 is 0.850 bits per heavy atom. The molecule has 1 N–H and O–H groups in total. The number of nitrogens with zero attached hydrogens (tertiary/aromatic N) is 1. The number of hydrogen-bond acceptors (Lipinski definition) is 8. The molecule has 40 heavy (non-hydrogen) atoms. The first-order valence-corrected chi connectivity index (χ1v) is 13.8. The van der Waals surface area contributed by atoms with Crippen LogP contribution in [0.4, 0.5) is 0 Å². The summed E-state index contributed by atoms with van der Waals surface area (Å²) in [6.07, 6.45) is -1.67. The fraction of sp³-hybridized carbons (Fsp3) is 0.406. The Kier molecular flexibility index (Phi) is 9.94. The van der Waals surface area contributed by atoms with Gasteiger partial charge >= 0.3 is 5.97 Å². The van der Waals surface area contributed by atoms with Gasteiger partial charge in [0.1, 0.15) is 31.0 Å². The summed E-state index contributed by atoms with van der Waals surface area (Å²) in [5.74, 6) is -0.441. The van der Waals surface area contributed by atoms with Crippen LogP contribution in [0.5, 0.6) is 0 Å². The number of aliphatic hydroxyl groups excluding tert-OH is 1. The predicted molar refractivity (Wildman–Crippen MR) is 148 cm³/mol. The standard InChI is InChI=1S/C32H37NO7/c1-23(34)37-22-29(35)30-17-27-31(38-19-25-13-7-3-8-14-25)32(39-20-26-15-9-4-10-16-26)28(33(27)40-30)21-36-18-24-11-5-2-6-12-24/h2-16,27-32,35H,17-22H2,1H3/t27-,28-,29-,30-,31-,32-/m1/s1. The minimum Gasteiger partial charge on any atom is -0.463 e. The van der Waals surface area contributed by atoms with E-state index >= 15 is 0 Å². The molecule has 0 unspecified atom stereocenters. The molecule has 2 fully saturated rings. The van der Waals surface area contributed by atoms with Crippen molar-refractivity contribution in [3.8, 4) is 0 Å². The largest absolute Gasteiger partial charge is 0.463 e. The number of carbonyl (C=O) groups is 1. The molecule has 0 aromatic heterocycles. The van der Waals surface area contributed by atoms with E-state index in [-0.39, 0.29) is 30.9 Å². The molecule has 2 aliphatic rings. The molecule has 5 rings (SSSR count). The zero-order chi connectivity index (χ0) is 27.7. The summed E-state index contributed by atoms with van der Waals surface area (Å²) >= 11 is 0. The lowest BCUT2D eigenvalue weighted by atomic mass is 10.00. The number of hydrogen-bond donors (Lipinski definition) is 1. The topological polar surface area (TPSA) is 86.7 Å². The van der Waals surface area contributed by atoms with Gasteiger partial charge in [-0.05, 0) is 23.1 Å². The average molecular weight is 548 g/mol. The van der Waals surface area contributed by atoms with E-state index in [9.17, 15) is 9.90 Å². The summed E-state index contributed by atoms with van der Waals surface area (Å²) in [7, 11) is 0. The van der Waals surface area contributed by atoms with E-state index in [4.69, 9.17) is 23.8 Å². The van der Waals surface area contributed by atoms with E-state index in [1.54, 1.807) is 0 Å². The summed E-state index contributed by atoms with van der Waals surface area (Å²) in [5, 5.41) is 12.6. The van der Waals surface area contributed by atoms with Crippen molar-refractivity contribution >= 4 is 5.97 Å². The van der Waals surface area contributed by atoms with Crippen LogP contribution in [0.1, 0.15) is 30.0 Å². The van der Waals surface area contributed by atoms with Crippen LogP contribution in [0, 0.1) is 0 Å². The molecule has 3 aromatic carbocycles. The van der Waals surface area contributed by atoms with Gasteiger partial charge in [0.25, 0.3) is 0 Å². The van der Waals surface area contributed by atoms with E-state index in [0.29, 0.717) is 32.8 Å². The molecule has 0 aliphatic carbocycles. The molecule has 2 saturated heterocycles. The zero-order valence-electron chi connectivity index (χ0n) is 22.7. The summed E-state index contributed by atoms with van der Waals surface area (Å²) in [5.41, 5.74) is 3.20. The minimum absolute atomic E-state index is 0.126. The van der Waals surface area contributed by atoms with Gasteiger partial charge in [-0.1, -0.05) is 91.0 Å². The maximum atomic E-state index is 11.3. The molecule has 0 saturated carbocycles. The lowest BCUT2D eigenvalue weighted by Crippen LogP contribution is -2.44. The number of benzene rings is 3. The van der Waals surface area contributed by atoms with E-state index in [1.807, 2.05) is 96.1 Å². The average Bonchev–Trinajstić information content (AvgIpc) is 3.53. The predicted octanol–water partition coefficient (Wildman–Crippen LogP) is 4.05. The second kappa shape index (κ2) is 14.0. The van der Waals surface area contributed by atoms with Crippen LogP contribution in [-0.4, -0.2) is 65.9 Å². The van der Waals surface area contributed by atoms with Gasteiger partial charge in [-0.25, -0.2) is 0 Å². The van der Waals surface area contributed by atoms with Crippen molar-refractivity contribution < 1.29 is 33.7 Å². The fourth-order valence-corrected chi connectivity index (χ4v) is 5.33. The van der Waals surface area contributed by atoms with Crippen LogP contribution >= 0.6 is 0 Å². The maximum absolute atomic E-state index is 11.3. The van der Waals surface area contributed by atoms with Gasteiger partial charge in [-0.15, -0.1) is 0 Å². The molecule has 8 heteroatoms. The molecular weight excluding hydrogens is 510 g/mol. The second-order valence-corrected chi connectivity index (χ2v) is 10.3. The molecule has 8 nitrogen and oxygen atoms in total. The Morgan fingerprint density at radius 3 is 1.93 bits per heavy atom. The van der Waals surface area contributed by atoms with Crippen LogP contribution in [-0.2, 0) is 48.4 Å². The highest BCUT2D eigenvalue weighted by Crippen LogP contribution is 2.40. The SMILES string of the molecule is CC(=O)OC[C@@H](O)[C@H]1C[C@@H]2[C@@H](OCc3ccccc3)[C@H](OCc3ccccc3)[C@@H](COCc3ccccc3)N2O1. The van der Waals surface area contributed by atoms with E-state index < -0.39 is 18.2 Å². The molecular formula is C32H37NO7. The van der Waals surface area contributed by atoms with Crippen LogP contribution in [0.3, 0.4) is 0 Å². The van der Waals surface area contributed by atoms with E-state index in [2.05, 4.69) is 0 Å². The molecule has 6 atom stereocenters. The van der Waals surface area contributed by atoms with Crippen LogP contribution in [0.2, 0.25) is 0 Å². The highest BCUT2D eigenvalue weighted by Gasteiger charge is 2.57. The Hall–Kier alpha value is -3.11. The van der Waals surface area contributed by atoms with Crippen molar-refractivity contribution in [2.45, 2.75) is 69.7 Å². The number of aliphatic hydroxyl groups is 1. The summed E-state index contributed by atoms with van der Waals surface area (Å²) < 4.78 is 24.4. The Balaban J connectivity index is 1.35. The first-order chi connectivity index (χ1) is 19.6. The first-order valence-electron chi connectivity index (χ1n) is 13.8. The van der Waals surface area contributed by atoms with Gasteiger partial charge < -0.3 is 24.1 Å². The summed E-state index contributed by atoms with van der Waals surface area (Å²) in [6.45, 7) is 2.84. The monoisotopic (exact) mass is 547 g/mol. The fourth-order valence-electron chi connectivity index (χ4n) is 5.33. The third kappa shape index (κ3) is 7.34. The highest BCUT2D eigenvalue weighted by molar-refractivity contribution is 5.65.